The van der Waals surface area contributed by atoms with Crippen molar-refractivity contribution in [1.29, 1.82) is 0 Å². The minimum absolute atomic E-state index is 0.0697. The van der Waals surface area contributed by atoms with Crippen LogP contribution in [0, 0.1) is 0 Å². The van der Waals surface area contributed by atoms with Gasteiger partial charge < -0.3 is 9.64 Å². The van der Waals surface area contributed by atoms with E-state index < -0.39 is 0 Å². The summed E-state index contributed by atoms with van der Waals surface area (Å²) in [7, 11) is 3.99. The van der Waals surface area contributed by atoms with Crippen molar-refractivity contribution in [2.24, 2.45) is 7.05 Å². The smallest absolute Gasteiger partial charge is 0.163 e. The summed E-state index contributed by atoms with van der Waals surface area (Å²) in [6.45, 7) is 6.31. The minimum Gasteiger partial charge on any atom is -0.372 e. The molecule has 1 aliphatic carbocycles. The molecule has 21 heavy (non-hydrogen) atoms. The molecule has 0 bridgehead atoms. The molecule has 0 spiro atoms. The summed E-state index contributed by atoms with van der Waals surface area (Å²) in [5.41, 5.74) is 0.799. The topological polar surface area (TPSA) is 56.1 Å². The number of aryl methyl sites for hydroxylation is 1. The lowest BCUT2D eigenvalue weighted by atomic mass is 9.87. The van der Waals surface area contributed by atoms with Gasteiger partial charge in [0.05, 0.1) is 23.3 Å². The van der Waals surface area contributed by atoms with Gasteiger partial charge in [-0.05, 0) is 33.6 Å². The van der Waals surface area contributed by atoms with E-state index in [0.29, 0.717) is 12.1 Å². The maximum Gasteiger partial charge on any atom is 0.163 e. The lowest BCUT2D eigenvalue weighted by Crippen LogP contribution is -2.49. The zero-order valence-corrected chi connectivity index (χ0v) is 13.4. The number of fused-ring (bicyclic) bond motifs is 1. The second-order valence-corrected chi connectivity index (χ2v) is 6.79. The minimum atomic E-state index is -0.0697. The third kappa shape index (κ3) is 2.72. The lowest BCUT2D eigenvalue weighted by molar-refractivity contribution is -0.0981. The van der Waals surface area contributed by atoms with Crippen LogP contribution in [0.3, 0.4) is 0 Å². The van der Waals surface area contributed by atoms with Crippen LogP contribution in [0.5, 0.6) is 0 Å². The first kappa shape index (κ1) is 14.3. The van der Waals surface area contributed by atoms with E-state index in [1.807, 2.05) is 13.2 Å². The second kappa shape index (κ2) is 4.94. The number of hydrogen-bond donors (Lipinski definition) is 0. The molecule has 1 saturated carbocycles. The summed E-state index contributed by atoms with van der Waals surface area (Å²) >= 11 is 0. The molecule has 0 N–H and O–H groups in total. The normalized spacial score (nSPS) is 22.3. The molecule has 0 radical (unpaired) electrons. The highest BCUT2D eigenvalue weighted by molar-refractivity contribution is 5.86. The van der Waals surface area contributed by atoms with Crippen LogP contribution >= 0.6 is 0 Å². The average Bonchev–Trinajstić information content (AvgIpc) is 2.73. The third-order valence-corrected chi connectivity index (χ3v) is 3.98. The molecule has 0 unspecified atom stereocenters. The van der Waals surface area contributed by atoms with E-state index in [1.54, 1.807) is 11.0 Å². The Labute approximate surface area is 125 Å². The standard InChI is InChI=1S/C15H23N5O/c1-15(2,3)21-11-6-10(7-11)19(4)13-12-8-18-20(5)14(12)17-9-16-13/h8-11H,6-7H2,1-5H3. The quantitative estimate of drug-likeness (QED) is 0.866. The van der Waals surface area contributed by atoms with Gasteiger partial charge in [0.15, 0.2) is 5.65 Å². The van der Waals surface area contributed by atoms with Gasteiger partial charge in [-0.15, -0.1) is 0 Å². The number of rotatable bonds is 3. The molecule has 2 heterocycles. The van der Waals surface area contributed by atoms with Gasteiger partial charge >= 0.3 is 0 Å². The Kier molecular flexibility index (Phi) is 3.36. The molecule has 1 fully saturated rings. The van der Waals surface area contributed by atoms with Crippen molar-refractivity contribution >= 4 is 16.9 Å². The molecule has 114 valence electrons. The van der Waals surface area contributed by atoms with Crippen molar-refractivity contribution in [3.05, 3.63) is 12.5 Å². The molecule has 0 aromatic carbocycles. The summed E-state index contributed by atoms with van der Waals surface area (Å²) in [4.78, 5) is 11.0. The second-order valence-electron chi connectivity index (χ2n) is 6.79. The van der Waals surface area contributed by atoms with Crippen LogP contribution in [0.1, 0.15) is 33.6 Å². The predicted molar refractivity (Wildman–Crippen MR) is 82.4 cm³/mol. The molecule has 6 heteroatoms. The Balaban J connectivity index is 1.73. The fourth-order valence-electron chi connectivity index (χ4n) is 2.85. The Morgan fingerprint density at radius 1 is 1.29 bits per heavy atom. The van der Waals surface area contributed by atoms with Crippen LogP contribution in [0.25, 0.3) is 11.0 Å². The number of nitrogens with zero attached hydrogens (tertiary/aromatic N) is 5. The Hall–Kier alpha value is -1.69. The fraction of sp³-hybridized carbons (Fsp3) is 0.667. The Bertz CT molecular complexity index is 639. The SMILES string of the molecule is CN(c1ncnc2c1cnn2C)C1CC(OC(C)(C)C)C1. The number of ether oxygens (including phenoxy) is 1. The zero-order chi connectivity index (χ0) is 15.2. The van der Waals surface area contributed by atoms with Gasteiger partial charge in [0, 0.05) is 20.1 Å². The van der Waals surface area contributed by atoms with Gasteiger partial charge in [-0.1, -0.05) is 0 Å². The summed E-state index contributed by atoms with van der Waals surface area (Å²) in [6.07, 6.45) is 5.88. The van der Waals surface area contributed by atoms with Crippen molar-refractivity contribution in [3.8, 4) is 0 Å². The van der Waals surface area contributed by atoms with Crippen LogP contribution < -0.4 is 4.90 Å². The first-order chi connectivity index (χ1) is 9.85. The van der Waals surface area contributed by atoms with Crippen LogP contribution in [0.2, 0.25) is 0 Å². The van der Waals surface area contributed by atoms with Crippen molar-refractivity contribution < 1.29 is 4.74 Å². The lowest BCUT2D eigenvalue weighted by Gasteiger charge is -2.43. The Morgan fingerprint density at radius 3 is 2.67 bits per heavy atom. The van der Waals surface area contributed by atoms with E-state index in [9.17, 15) is 0 Å². The van der Waals surface area contributed by atoms with E-state index in [1.165, 1.54) is 0 Å². The van der Waals surface area contributed by atoms with Crippen LogP contribution in [0.15, 0.2) is 12.5 Å². The number of anilines is 1. The van der Waals surface area contributed by atoms with Gasteiger partial charge in [-0.2, -0.15) is 5.10 Å². The first-order valence-electron chi connectivity index (χ1n) is 7.38. The zero-order valence-electron chi connectivity index (χ0n) is 13.4. The molecular formula is C15H23N5O. The molecule has 0 saturated heterocycles. The summed E-state index contributed by atoms with van der Waals surface area (Å²) < 4.78 is 7.78. The van der Waals surface area contributed by atoms with E-state index in [4.69, 9.17) is 4.74 Å². The maximum absolute atomic E-state index is 6.01. The number of hydrogen-bond acceptors (Lipinski definition) is 5. The van der Waals surface area contributed by atoms with Crippen LogP contribution in [-0.4, -0.2) is 44.5 Å². The Morgan fingerprint density at radius 2 is 2.00 bits per heavy atom. The summed E-state index contributed by atoms with van der Waals surface area (Å²) in [5, 5.41) is 5.27. The summed E-state index contributed by atoms with van der Waals surface area (Å²) in [6, 6.07) is 0.468. The van der Waals surface area contributed by atoms with Crippen LogP contribution in [-0.2, 0) is 11.8 Å². The molecule has 0 atom stereocenters. The van der Waals surface area contributed by atoms with Crippen molar-refractivity contribution in [2.45, 2.75) is 51.4 Å². The van der Waals surface area contributed by atoms with E-state index in [2.05, 4.69) is 47.8 Å². The molecule has 2 aromatic rings. The highest BCUT2D eigenvalue weighted by atomic mass is 16.5. The van der Waals surface area contributed by atoms with Gasteiger partial charge in [-0.3, -0.25) is 4.68 Å². The van der Waals surface area contributed by atoms with E-state index in [0.717, 1.165) is 29.7 Å². The van der Waals surface area contributed by atoms with E-state index in [-0.39, 0.29) is 5.60 Å². The van der Waals surface area contributed by atoms with Crippen molar-refractivity contribution in [1.82, 2.24) is 19.7 Å². The highest BCUT2D eigenvalue weighted by Crippen LogP contribution is 2.34. The molecule has 2 aromatic heterocycles. The number of aromatic nitrogens is 4. The summed E-state index contributed by atoms with van der Waals surface area (Å²) in [5.74, 6) is 0.951. The molecule has 6 nitrogen and oxygen atoms in total. The third-order valence-electron chi connectivity index (χ3n) is 3.98. The van der Waals surface area contributed by atoms with Gasteiger partial charge in [0.2, 0.25) is 0 Å². The monoisotopic (exact) mass is 289 g/mol. The molecule has 3 rings (SSSR count). The maximum atomic E-state index is 6.01. The molecule has 0 amide bonds. The van der Waals surface area contributed by atoms with Gasteiger partial charge in [0.1, 0.15) is 12.1 Å². The van der Waals surface area contributed by atoms with Gasteiger partial charge in [0.25, 0.3) is 0 Å². The first-order valence-corrected chi connectivity index (χ1v) is 7.38. The molecular weight excluding hydrogens is 266 g/mol. The molecule has 1 aliphatic rings. The highest BCUT2D eigenvalue weighted by Gasteiger charge is 2.36. The average molecular weight is 289 g/mol. The van der Waals surface area contributed by atoms with Crippen molar-refractivity contribution in [2.75, 3.05) is 11.9 Å². The largest absolute Gasteiger partial charge is 0.372 e. The predicted octanol–water partition coefficient (Wildman–Crippen LogP) is 2.15. The van der Waals surface area contributed by atoms with Gasteiger partial charge in [-0.25, -0.2) is 9.97 Å². The van der Waals surface area contributed by atoms with E-state index >= 15 is 0 Å². The molecule has 0 aliphatic heterocycles. The van der Waals surface area contributed by atoms with Crippen molar-refractivity contribution in [3.63, 3.8) is 0 Å². The fourth-order valence-corrected chi connectivity index (χ4v) is 2.85. The van der Waals surface area contributed by atoms with Crippen LogP contribution in [0.4, 0.5) is 5.82 Å².